The lowest BCUT2D eigenvalue weighted by Gasteiger charge is -2.25. The summed E-state index contributed by atoms with van der Waals surface area (Å²) >= 11 is 0. The maximum atomic E-state index is 3.50. The fraction of sp³-hybridized carbons (Fsp3) is 0.0833. The highest BCUT2D eigenvalue weighted by molar-refractivity contribution is 5.45. The number of nitrogens with one attached hydrogen (secondary N) is 1. The van der Waals surface area contributed by atoms with E-state index in [0.717, 1.165) is 17.9 Å². The SMILES string of the molecule is CCN(NC1=C/C=C\C=C/C=C\C=C/C=C\1)c1ccccccccc1. The largest absolute Gasteiger partial charge is 0.298 e. The Bertz CT molecular complexity index is 753. The van der Waals surface area contributed by atoms with E-state index in [-0.39, 0.29) is 0 Å². The van der Waals surface area contributed by atoms with Crippen molar-refractivity contribution in [3.05, 3.63) is 127 Å². The van der Waals surface area contributed by atoms with E-state index in [9.17, 15) is 0 Å². The number of anilines is 1. The number of rotatable bonds is 4. The van der Waals surface area contributed by atoms with Crippen LogP contribution in [-0.4, -0.2) is 6.54 Å². The summed E-state index contributed by atoms with van der Waals surface area (Å²) in [4.78, 5) is 0. The van der Waals surface area contributed by atoms with Crippen molar-refractivity contribution < 1.29 is 0 Å². The highest BCUT2D eigenvalue weighted by Crippen LogP contribution is 2.10. The predicted molar refractivity (Wildman–Crippen MR) is 114 cm³/mol. The van der Waals surface area contributed by atoms with Gasteiger partial charge in [0.05, 0.1) is 11.4 Å². The van der Waals surface area contributed by atoms with Gasteiger partial charge in [-0.1, -0.05) is 97.1 Å². The lowest BCUT2D eigenvalue weighted by molar-refractivity contribution is 0.740. The Balaban J connectivity index is 2.27. The third-order valence-electron chi connectivity index (χ3n) is 3.53. The van der Waals surface area contributed by atoms with Gasteiger partial charge in [-0.2, -0.15) is 0 Å². The van der Waals surface area contributed by atoms with E-state index in [1.165, 1.54) is 0 Å². The summed E-state index contributed by atoms with van der Waals surface area (Å²) in [6, 6.07) is 18.4. The Labute approximate surface area is 157 Å². The van der Waals surface area contributed by atoms with Crippen molar-refractivity contribution in [3.63, 3.8) is 0 Å². The van der Waals surface area contributed by atoms with Gasteiger partial charge in [-0.05, 0) is 31.2 Å². The Morgan fingerprint density at radius 1 is 0.654 bits per heavy atom. The fourth-order valence-electron chi connectivity index (χ4n) is 2.24. The average molecular weight is 342 g/mol. The minimum atomic E-state index is 0.830. The molecular weight excluding hydrogens is 316 g/mol. The quantitative estimate of drug-likeness (QED) is 0.694. The molecule has 0 spiro atoms. The Kier molecular flexibility index (Phi) is 8.91. The monoisotopic (exact) mass is 342 g/mol. The lowest BCUT2D eigenvalue weighted by atomic mass is 10.3. The van der Waals surface area contributed by atoms with Gasteiger partial charge in [0, 0.05) is 6.54 Å². The molecule has 0 amide bonds. The molecule has 0 fully saturated rings. The first kappa shape index (κ1) is 19.1. The first-order valence-electron chi connectivity index (χ1n) is 8.88. The molecule has 2 heteroatoms. The van der Waals surface area contributed by atoms with Gasteiger partial charge in [-0.25, -0.2) is 0 Å². The minimum absolute atomic E-state index is 0.830. The minimum Gasteiger partial charge on any atom is -0.298 e. The van der Waals surface area contributed by atoms with Crippen molar-refractivity contribution in [3.8, 4) is 0 Å². The summed E-state index contributed by atoms with van der Waals surface area (Å²) < 4.78 is 0. The Morgan fingerprint density at radius 3 is 1.73 bits per heavy atom. The van der Waals surface area contributed by atoms with Crippen molar-refractivity contribution in [1.29, 1.82) is 0 Å². The molecule has 0 aliphatic heterocycles. The van der Waals surface area contributed by atoms with Crippen LogP contribution in [0.5, 0.6) is 0 Å². The van der Waals surface area contributed by atoms with E-state index in [1.807, 2.05) is 97.1 Å². The van der Waals surface area contributed by atoms with Gasteiger partial charge in [0.2, 0.25) is 0 Å². The molecule has 0 saturated heterocycles. The van der Waals surface area contributed by atoms with Crippen molar-refractivity contribution in [2.24, 2.45) is 0 Å². The second-order valence-electron chi connectivity index (χ2n) is 5.48. The molecule has 2 nitrogen and oxygen atoms in total. The van der Waals surface area contributed by atoms with Gasteiger partial charge >= 0.3 is 0 Å². The molecule has 0 radical (unpaired) electrons. The van der Waals surface area contributed by atoms with Crippen LogP contribution in [0.15, 0.2) is 127 Å². The molecule has 1 aliphatic rings. The maximum Gasteiger partial charge on any atom is 0.0571 e. The summed E-state index contributed by atoms with van der Waals surface area (Å²) in [5, 5.41) is 2.12. The molecule has 26 heavy (non-hydrogen) atoms. The van der Waals surface area contributed by atoms with Crippen LogP contribution in [0.1, 0.15) is 6.92 Å². The molecule has 0 aromatic heterocycles. The molecule has 0 bridgehead atoms. The van der Waals surface area contributed by atoms with Gasteiger partial charge in [-0.3, -0.25) is 10.4 Å². The number of nitrogens with zero attached hydrogens (tertiary/aromatic N) is 1. The van der Waals surface area contributed by atoms with Crippen LogP contribution in [0, 0.1) is 0 Å². The fourth-order valence-corrected chi connectivity index (χ4v) is 2.24. The summed E-state index contributed by atoms with van der Waals surface area (Å²) in [6.07, 6.45) is 22.3. The molecule has 0 unspecified atom stereocenters. The van der Waals surface area contributed by atoms with Gasteiger partial charge in [0.1, 0.15) is 0 Å². The zero-order valence-electron chi connectivity index (χ0n) is 15.2. The number of hydrogen-bond donors (Lipinski definition) is 1. The maximum absolute atomic E-state index is 3.50. The van der Waals surface area contributed by atoms with E-state index >= 15 is 0 Å². The lowest BCUT2D eigenvalue weighted by Crippen LogP contribution is -2.36. The van der Waals surface area contributed by atoms with E-state index in [0.29, 0.717) is 0 Å². The molecule has 1 N–H and O–H groups in total. The van der Waals surface area contributed by atoms with Crippen LogP contribution in [0.2, 0.25) is 0 Å². The van der Waals surface area contributed by atoms with Crippen molar-refractivity contribution in [2.75, 3.05) is 11.6 Å². The average Bonchev–Trinajstić information content (AvgIpc) is 2.66. The molecule has 1 aliphatic carbocycles. The number of allylic oxidation sites excluding steroid dienone is 11. The summed E-state index contributed by atoms with van der Waals surface area (Å²) in [7, 11) is 0. The van der Waals surface area contributed by atoms with Crippen LogP contribution in [0.3, 0.4) is 0 Å². The summed E-state index contributed by atoms with van der Waals surface area (Å²) in [5.74, 6) is 0. The molecule has 2 rings (SSSR count). The van der Waals surface area contributed by atoms with Crippen LogP contribution in [0.25, 0.3) is 0 Å². The Morgan fingerprint density at radius 2 is 1.15 bits per heavy atom. The van der Waals surface area contributed by atoms with Gasteiger partial charge in [0.15, 0.2) is 0 Å². The third kappa shape index (κ3) is 7.54. The van der Waals surface area contributed by atoms with Gasteiger partial charge in [-0.15, -0.1) is 0 Å². The van der Waals surface area contributed by atoms with Crippen molar-refractivity contribution >= 4 is 5.69 Å². The molecule has 0 heterocycles. The van der Waals surface area contributed by atoms with E-state index in [4.69, 9.17) is 0 Å². The molecule has 0 atom stereocenters. The highest BCUT2D eigenvalue weighted by Gasteiger charge is 2.02. The molecular formula is C24H26N2. The van der Waals surface area contributed by atoms with Crippen molar-refractivity contribution in [1.82, 2.24) is 5.43 Å². The zero-order chi connectivity index (χ0) is 18.3. The first-order valence-corrected chi connectivity index (χ1v) is 8.88. The smallest absolute Gasteiger partial charge is 0.0571 e. The topological polar surface area (TPSA) is 15.3 Å². The predicted octanol–water partition coefficient (Wildman–Crippen LogP) is 5.82. The second-order valence-corrected chi connectivity index (χ2v) is 5.48. The van der Waals surface area contributed by atoms with Crippen LogP contribution >= 0.6 is 0 Å². The van der Waals surface area contributed by atoms with Gasteiger partial charge in [0.25, 0.3) is 0 Å². The zero-order valence-corrected chi connectivity index (χ0v) is 15.2. The molecule has 0 saturated carbocycles. The van der Waals surface area contributed by atoms with E-state index in [2.05, 4.69) is 41.6 Å². The highest BCUT2D eigenvalue weighted by atomic mass is 15.5. The normalized spacial score (nSPS) is 21.3. The third-order valence-corrected chi connectivity index (χ3v) is 3.53. The van der Waals surface area contributed by atoms with Crippen LogP contribution in [0.4, 0.5) is 5.69 Å². The first-order chi connectivity index (χ1) is 12.9. The van der Waals surface area contributed by atoms with E-state index in [1.54, 1.807) is 0 Å². The molecule has 132 valence electrons. The second kappa shape index (κ2) is 12.2. The van der Waals surface area contributed by atoms with Crippen LogP contribution < -0.4 is 10.4 Å². The molecule has 1 aromatic carbocycles. The molecule has 1 aromatic rings. The van der Waals surface area contributed by atoms with Gasteiger partial charge < -0.3 is 0 Å². The van der Waals surface area contributed by atoms with Crippen molar-refractivity contribution in [2.45, 2.75) is 6.92 Å². The number of hydrazine groups is 1. The van der Waals surface area contributed by atoms with Crippen LogP contribution in [-0.2, 0) is 0 Å². The standard InChI is InChI=1S/C24H26N2/c1-2-26(24-21-17-13-9-6-10-14-18-22-24)25-23-19-15-11-7-4-3-5-8-12-16-20-23/h3-22,25H,2H2,1H3/b4-3-,5-3?,7-4?,8-5-,9-6?,10-6?,11-7-,12-8?,13-9?,14-10?,15-11?,16-12-,17-13?,18-14?,19-15-,20-16?,21-17?,22-18?,23-19?,23-20+,24-21?,24-22?. The Hall–Kier alpha value is -3.26. The van der Waals surface area contributed by atoms with E-state index < -0.39 is 0 Å². The summed E-state index contributed by atoms with van der Waals surface area (Å²) in [5.41, 5.74) is 5.60. The summed E-state index contributed by atoms with van der Waals surface area (Å²) in [6.45, 7) is 2.96. The number of hydrogen-bond acceptors (Lipinski definition) is 2.